The van der Waals surface area contributed by atoms with E-state index in [0.29, 0.717) is 28.6 Å². The van der Waals surface area contributed by atoms with E-state index < -0.39 is 17.7 Å². The number of amides is 1. The number of ketones is 1. The van der Waals surface area contributed by atoms with Crippen molar-refractivity contribution in [2.75, 3.05) is 4.90 Å². The summed E-state index contributed by atoms with van der Waals surface area (Å²) in [5.74, 6) is -1.35. The van der Waals surface area contributed by atoms with Gasteiger partial charge in [0.25, 0.3) is 5.78 Å². The zero-order valence-electron chi connectivity index (χ0n) is 19.3. The standard InChI is InChI=1S/C28H22N2O5S/c1-17-4-2-5-18(14-17)16-35-22-10-8-19(9-11-22)25(32)23-24(20-6-3-7-21(31)15-20)30(27(34)26(23)33)28-29-12-13-36-28/h2-15,24,31-32H,16H2,1H3/t24-/m0/s1. The summed E-state index contributed by atoms with van der Waals surface area (Å²) >= 11 is 1.20. The van der Waals surface area contributed by atoms with E-state index in [9.17, 15) is 19.8 Å². The van der Waals surface area contributed by atoms with Crippen molar-refractivity contribution < 1.29 is 24.5 Å². The Morgan fingerprint density at radius 2 is 1.83 bits per heavy atom. The number of phenols is 1. The number of hydrogen-bond acceptors (Lipinski definition) is 7. The quantitative estimate of drug-likeness (QED) is 0.211. The van der Waals surface area contributed by atoms with Crippen molar-refractivity contribution in [2.24, 2.45) is 0 Å². The summed E-state index contributed by atoms with van der Waals surface area (Å²) < 4.78 is 5.85. The largest absolute Gasteiger partial charge is 0.508 e. The molecule has 8 heteroatoms. The van der Waals surface area contributed by atoms with Crippen LogP contribution < -0.4 is 9.64 Å². The normalized spacial score (nSPS) is 16.9. The average Bonchev–Trinajstić information content (AvgIpc) is 3.49. The molecule has 0 radical (unpaired) electrons. The number of ether oxygens (including phenoxy) is 1. The molecule has 1 fully saturated rings. The first kappa shape index (κ1) is 23.3. The Balaban J connectivity index is 1.49. The first-order chi connectivity index (χ1) is 17.4. The van der Waals surface area contributed by atoms with Crippen LogP contribution in [0.5, 0.6) is 11.5 Å². The highest BCUT2D eigenvalue weighted by Crippen LogP contribution is 2.43. The summed E-state index contributed by atoms with van der Waals surface area (Å²) in [5, 5.41) is 23.3. The lowest BCUT2D eigenvalue weighted by Gasteiger charge is -2.23. The van der Waals surface area contributed by atoms with Gasteiger partial charge in [0.2, 0.25) is 0 Å². The van der Waals surface area contributed by atoms with Gasteiger partial charge in [-0.3, -0.25) is 14.5 Å². The highest BCUT2D eigenvalue weighted by Gasteiger charge is 2.48. The molecule has 1 aliphatic heterocycles. The van der Waals surface area contributed by atoms with Gasteiger partial charge >= 0.3 is 5.91 Å². The van der Waals surface area contributed by atoms with Crippen molar-refractivity contribution in [3.63, 3.8) is 0 Å². The molecule has 0 saturated carbocycles. The van der Waals surface area contributed by atoms with E-state index in [4.69, 9.17) is 4.74 Å². The molecular formula is C28H22N2O5S. The van der Waals surface area contributed by atoms with Gasteiger partial charge in [0.1, 0.15) is 23.9 Å². The second-order valence-corrected chi connectivity index (χ2v) is 9.25. The van der Waals surface area contributed by atoms with Crippen molar-refractivity contribution >= 4 is 33.9 Å². The number of hydrogen-bond donors (Lipinski definition) is 2. The first-order valence-electron chi connectivity index (χ1n) is 11.2. The van der Waals surface area contributed by atoms with Crippen LogP contribution in [-0.4, -0.2) is 26.9 Å². The maximum Gasteiger partial charge on any atom is 0.301 e. The molecule has 1 atom stereocenters. The predicted molar refractivity (Wildman–Crippen MR) is 137 cm³/mol. The molecule has 1 saturated heterocycles. The van der Waals surface area contributed by atoms with Crippen LogP contribution in [0.3, 0.4) is 0 Å². The number of aromatic nitrogens is 1. The number of nitrogens with zero attached hydrogens (tertiary/aromatic N) is 2. The summed E-state index contributed by atoms with van der Waals surface area (Å²) in [7, 11) is 0. The van der Waals surface area contributed by atoms with E-state index in [2.05, 4.69) is 4.98 Å². The maximum atomic E-state index is 13.1. The zero-order chi connectivity index (χ0) is 25.2. The topological polar surface area (TPSA) is 100.0 Å². The van der Waals surface area contributed by atoms with Crippen LogP contribution in [0.25, 0.3) is 5.76 Å². The average molecular weight is 499 g/mol. The minimum absolute atomic E-state index is 0.0210. The maximum absolute atomic E-state index is 13.1. The number of rotatable bonds is 6. The number of Topliss-reactive ketones (excluding diaryl/α,β-unsaturated/α-hetero) is 1. The lowest BCUT2D eigenvalue weighted by Crippen LogP contribution is -2.29. The molecule has 1 aromatic heterocycles. The highest BCUT2D eigenvalue weighted by molar-refractivity contribution is 7.14. The number of benzene rings is 3. The van der Waals surface area contributed by atoms with E-state index in [1.54, 1.807) is 41.8 Å². The number of carbonyl (C=O) groups is 2. The molecule has 0 unspecified atom stereocenters. The second-order valence-electron chi connectivity index (χ2n) is 8.38. The van der Waals surface area contributed by atoms with Crippen LogP contribution in [0.2, 0.25) is 0 Å². The number of aryl methyl sites for hydroxylation is 1. The van der Waals surface area contributed by atoms with Gasteiger partial charge in [-0.1, -0.05) is 42.0 Å². The number of thiazole rings is 1. The van der Waals surface area contributed by atoms with Crippen molar-refractivity contribution in [3.8, 4) is 11.5 Å². The van der Waals surface area contributed by atoms with Gasteiger partial charge in [-0.25, -0.2) is 4.98 Å². The highest BCUT2D eigenvalue weighted by atomic mass is 32.1. The number of carbonyl (C=O) groups excluding carboxylic acids is 2. The lowest BCUT2D eigenvalue weighted by atomic mass is 9.95. The summed E-state index contributed by atoms with van der Waals surface area (Å²) in [6.07, 6.45) is 1.54. The predicted octanol–water partition coefficient (Wildman–Crippen LogP) is 5.36. The van der Waals surface area contributed by atoms with Crippen molar-refractivity contribution in [1.29, 1.82) is 0 Å². The molecule has 1 amide bonds. The van der Waals surface area contributed by atoms with Gasteiger partial charge in [0, 0.05) is 17.1 Å². The van der Waals surface area contributed by atoms with E-state index in [1.807, 2.05) is 31.2 Å². The molecule has 0 bridgehead atoms. The molecule has 4 aromatic rings. The Bertz CT molecular complexity index is 1460. The zero-order valence-corrected chi connectivity index (χ0v) is 20.1. The van der Waals surface area contributed by atoms with Crippen molar-refractivity contribution in [2.45, 2.75) is 19.6 Å². The van der Waals surface area contributed by atoms with Crippen LogP contribution in [0, 0.1) is 6.92 Å². The van der Waals surface area contributed by atoms with Gasteiger partial charge < -0.3 is 14.9 Å². The fourth-order valence-corrected chi connectivity index (χ4v) is 4.88. The molecule has 180 valence electrons. The van der Waals surface area contributed by atoms with Crippen LogP contribution in [0.15, 0.2) is 89.9 Å². The smallest absolute Gasteiger partial charge is 0.301 e. The van der Waals surface area contributed by atoms with Crippen LogP contribution >= 0.6 is 11.3 Å². The van der Waals surface area contributed by atoms with Crippen molar-refractivity contribution in [1.82, 2.24) is 4.98 Å². The Hall–Kier alpha value is -4.43. The van der Waals surface area contributed by atoms with Gasteiger partial charge in [-0.05, 0) is 54.4 Å². The summed E-state index contributed by atoms with van der Waals surface area (Å²) in [6.45, 7) is 2.41. The SMILES string of the molecule is Cc1cccc(COc2ccc(C(O)=C3C(=O)C(=O)N(c4nccs4)[C@H]3c3cccc(O)c3)cc2)c1. The van der Waals surface area contributed by atoms with Gasteiger partial charge in [-0.2, -0.15) is 0 Å². The van der Waals surface area contributed by atoms with E-state index in [1.165, 1.54) is 34.6 Å². The molecule has 0 spiro atoms. The number of phenolic OH excluding ortho intramolecular Hbond substituents is 1. The summed E-state index contributed by atoms with van der Waals surface area (Å²) in [6, 6.07) is 20.0. The van der Waals surface area contributed by atoms with Crippen molar-refractivity contribution in [3.05, 3.63) is 112 Å². The minimum Gasteiger partial charge on any atom is -0.508 e. The third-order valence-corrected chi connectivity index (χ3v) is 6.64. The molecule has 36 heavy (non-hydrogen) atoms. The fourth-order valence-electron chi connectivity index (χ4n) is 4.21. The molecule has 0 aliphatic carbocycles. The molecule has 5 rings (SSSR count). The van der Waals surface area contributed by atoms with E-state index >= 15 is 0 Å². The molecule has 2 N–H and O–H groups in total. The summed E-state index contributed by atoms with van der Waals surface area (Å²) in [4.78, 5) is 31.6. The van der Waals surface area contributed by atoms with Gasteiger partial charge in [0.05, 0.1) is 11.6 Å². The molecule has 1 aliphatic rings. The third kappa shape index (κ3) is 4.46. The Labute approximate surface area is 211 Å². The van der Waals surface area contributed by atoms with Crippen LogP contribution in [0.4, 0.5) is 5.13 Å². The van der Waals surface area contributed by atoms with Crippen LogP contribution in [0.1, 0.15) is 28.3 Å². The first-order valence-corrected chi connectivity index (χ1v) is 12.1. The third-order valence-electron chi connectivity index (χ3n) is 5.87. The van der Waals surface area contributed by atoms with Gasteiger partial charge in [0.15, 0.2) is 5.13 Å². The second kappa shape index (κ2) is 9.67. The summed E-state index contributed by atoms with van der Waals surface area (Å²) in [5.41, 5.74) is 2.95. The molecular weight excluding hydrogens is 476 g/mol. The lowest BCUT2D eigenvalue weighted by molar-refractivity contribution is -0.132. The van der Waals surface area contributed by atoms with Gasteiger partial charge in [-0.15, -0.1) is 11.3 Å². The Kier molecular flexibility index (Phi) is 6.26. The van der Waals surface area contributed by atoms with E-state index in [-0.39, 0.29) is 17.1 Å². The van der Waals surface area contributed by atoms with E-state index in [0.717, 1.165) is 11.1 Å². The number of aliphatic hydroxyl groups is 1. The monoisotopic (exact) mass is 498 g/mol. The molecule has 7 nitrogen and oxygen atoms in total. The Morgan fingerprint density at radius 1 is 1.06 bits per heavy atom. The fraction of sp³-hybridized carbons (Fsp3) is 0.107. The Morgan fingerprint density at radius 3 is 2.53 bits per heavy atom. The number of aromatic hydroxyl groups is 1. The number of anilines is 1. The number of aliphatic hydroxyl groups excluding tert-OH is 1. The minimum atomic E-state index is -0.944. The molecule has 2 heterocycles. The molecule has 3 aromatic carbocycles. The van der Waals surface area contributed by atoms with Crippen LogP contribution in [-0.2, 0) is 16.2 Å².